The third-order valence-corrected chi connectivity index (χ3v) is 3.23. The maximum absolute atomic E-state index is 5.83. The Balaban J connectivity index is 2.06. The summed E-state index contributed by atoms with van der Waals surface area (Å²) < 4.78 is 11.0. The van der Waals surface area contributed by atoms with Crippen molar-refractivity contribution in [3.05, 3.63) is 53.7 Å². The first-order chi connectivity index (χ1) is 9.74. The molecule has 2 aromatic rings. The Kier molecular flexibility index (Phi) is 4.96. The van der Waals surface area contributed by atoms with E-state index in [1.54, 1.807) is 13.3 Å². The van der Waals surface area contributed by atoms with Crippen molar-refractivity contribution in [2.45, 2.75) is 19.6 Å². The lowest BCUT2D eigenvalue weighted by molar-refractivity contribution is 0.287. The Hall–Kier alpha value is -2.07. The first-order valence-corrected chi connectivity index (χ1v) is 6.62. The number of benzene rings is 1. The third-order valence-electron chi connectivity index (χ3n) is 3.23. The van der Waals surface area contributed by atoms with Gasteiger partial charge in [0.15, 0.2) is 0 Å². The van der Waals surface area contributed by atoms with Crippen LogP contribution in [0.1, 0.15) is 24.1 Å². The molecule has 0 aliphatic rings. The van der Waals surface area contributed by atoms with Crippen LogP contribution in [-0.4, -0.2) is 19.1 Å². The fourth-order valence-electron chi connectivity index (χ4n) is 1.88. The fraction of sp³-hybridized carbons (Fsp3) is 0.312. The predicted molar refractivity (Wildman–Crippen MR) is 79.0 cm³/mol. The van der Waals surface area contributed by atoms with Crippen LogP contribution in [0.25, 0.3) is 0 Å². The Morgan fingerprint density at radius 2 is 1.95 bits per heavy atom. The molecule has 1 N–H and O–H groups in total. The zero-order valence-electron chi connectivity index (χ0n) is 12.1. The first-order valence-electron chi connectivity index (χ1n) is 6.62. The van der Waals surface area contributed by atoms with E-state index in [0.29, 0.717) is 12.5 Å². The highest BCUT2D eigenvalue weighted by Gasteiger charge is 2.10. The Morgan fingerprint density at radius 1 is 1.20 bits per heavy atom. The van der Waals surface area contributed by atoms with Crippen molar-refractivity contribution in [1.29, 1.82) is 0 Å². The van der Waals surface area contributed by atoms with Crippen molar-refractivity contribution in [3.63, 3.8) is 0 Å². The molecular weight excluding hydrogens is 252 g/mol. The molecule has 0 amide bonds. The van der Waals surface area contributed by atoms with E-state index in [1.165, 1.54) is 0 Å². The molecule has 1 atom stereocenters. The highest BCUT2D eigenvalue weighted by Crippen LogP contribution is 2.23. The van der Waals surface area contributed by atoms with Gasteiger partial charge in [0.25, 0.3) is 0 Å². The van der Waals surface area contributed by atoms with Crippen LogP contribution < -0.4 is 14.8 Å². The number of pyridine rings is 1. The van der Waals surface area contributed by atoms with Crippen molar-refractivity contribution in [2.75, 3.05) is 14.2 Å². The molecule has 0 saturated heterocycles. The zero-order valence-corrected chi connectivity index (χ0v) is 12.1. The summed E-state index contributed by atoms with van der Waals surface area (Å²) in [7, 11) is 3.58. The standard InChI is InChI=1S/C16H20N2O2/c1-12(17-2)15-5-4-10-18-16(15)20-11-13-6-8-14(19-3)9-7-13/h4-10,12,17H,11H2,1-3H3. The zero-order chi connectivity index (χ0) is 14.4. The second-order valence-corrected chi connectivity index (χ2v) is 4.54. The lowest BCUT2D eigenvalue weighted by Gasteiger charge is -2.15. The first kappa shape index (κ1) is 14.3. The van der Waals surface area contributed by atoms with Gasteiger partial charge in [-0.3, -0.25) is 0 Å². The second-order valence-electron chi connectivity index (χ2n) is 4.54. The quantitative estimate of drug-likeness (QED) is 0.878. The molecule has 1 aromatic heterocycles. The lowest BCUT2D eigenvalue weighted by atomic mass is 10.1. The van der Waals surface area contributed by atoms with Crippen LogP contribution >= 0.6 is 0 Å². The smallest absolute Gasteiger partial charge is 0.218 e. The molecule has 106 valence electrons. The van der Waals surface area contributed by atoms with Crippen molar-refractivity contribution >= 4 is 0 Å². The molecule has 1 heterocycles. The van der Waals surface area contributed by atoms with Crippen LogP contribution in [0.4, 0.5) is 0 Å². The minimum absolute atomic E-state index is 0.203. The number of aromatic nitrogens is 1. The van der Waals surface area contributed by atoms with Crippen LogP contribution in [0.15, 0.2) is 42.6 Å². The van der Waals surface area contributed by atoms with E-state index >= 15 is 0 Å². The summed E-state index contributed by atoms with van der Waals surface area (Å²) in [6.07, 6.45) is 1.75. The molecule has 2 rings (SSSR count). The Bertz CT molecular complexity index is 540. The molecule has 0 saturated carbocycles. The molecule has 0 fully saturated rings. The van der Waals surface area contributed by atoms with Crippen LogP contribution in [0.5, 0.6) is 11.6 Å². The van der Waals surface area contributed by atoms with Gasteiger partial charge in [0.2, 0.25) is 5.88 Å². The highest BCUT2D eigenvalue weighted by molar-refractivity contribution is 5.30. The molecule has 0 radical (unpaired) electrons. The summed E-state index contributed by atoms with van der Waals surface area (Å²) in [4.78, 5) is 4.31. The molecule has 1 aromatic carbocycles. The summed E-state index contributed by atoms with van der Waals surface area (Å²) >= 11 is 0. The Labute approximate surface area is 119 Å². The summed E-state index contributed by atoms with van der Waals surface area (Å²) in [5, 5.41) is 3.20. The summed E-state index contributed by atoms with van der Waals surface area (Å²) in [5.41, 5.74) is 2.14. The van der Waals surface area contributed by atoms with Gasteiger partial charge in [0.1, 0.15) is 12.4 Å². The average Bonchev–Trinajstić information content (AvgIpc) is 2.53. The van der Waals surface area contributed by atoms with Crippen molar-refractivity contribution in [3.8, 4) is 11.6 Å². The van der Waals surface area contributed by atoms with E-state index in [9.17, 15) is 0 Å². The molecule has 0 aliphatic heterocycles. The third kappa shape index (κ3) is 3.48. The number of methoxy groups -OCH3 is 1. The van der Waals surface area contributed by atoms with E-state index in [2.05, 4.69) is 17.2 Å². The molecule has 4 heteroatoms. The molecular formula is C16H20N2O2. The van der Waals surface area contributed by atoms with Gasteiger partial charge in [-0.2, -0.15) is 0 Å². The van der Waals surface area contributed by atoms with Crippen molar-refractivity contribution < 1.29 is 9.47 Å². The van der Waals surface area contributed by atoms with Gasteiger partial charge in [-0.25, -0.2) is 4.98 Å². The van der Waals surface area contributed by atoms with Crippen molar-refractivity contribution in [1.82, 2.24) is 10.3 Å². The number of hydrogen-bond donors (Lipinski definition) is 1. The van der Waals surface area contributed by atoms with Gasteiger partial charge in [-0.05, 0) is 37.7 Å². The van der Waals surface area contributed by atoms with Crippen molar-refractivity contribution in [2.24, 2.45) is 0 Å². The SMILES string of the molecule is CNC(C)c1cccnc1OCc1ccc(OC)cc1. The van der Waals surface area contributed by atoms with Crippen LogP contribution in [0.2, 0.25) is 0 Å². The Morgan fingerprint density at radius 3 is 2.60 bits per heavy atom. The van der Waals surface area contributed by atoms with E-state index < -0.39 is 0 Å². The average molecular weight is 272 g/mol. The van der Waals surface area contributed by atoms with E-state index in [4.69, 9.17) is 9.47 Å². The number of nitrogens with one attached hydrogen (secondary N) is 1. The number of nitrogens with zero attached hydrogens (tertiary/aromatic N) is 1. The number of rotatable bonds is 6. The summed E-state index contributed by atoms with van der Waals surface area (Å²) in [5.74, 6) is 1.52. The second kappa shape index (κ2) is 6.91. The normalized spacial score (nSPS) is 11.9. The predicted octanol–water partition coefficient (Wildman–Crippen LogP) is 2.95. The molecule has 20 heavy (non-hydrogen) atoms. The minimum Gasteiger partial charge on any atom is -0.497 e. The molecule has 0 aliphatic carbocycles. The van der Waals surface area contributed by atoms with E-state index in [-0.39, 0.29) is 6.04 Å². The lowest BCUT2D eigenvalue weighted by Crippen LogP contribution is -2.14. The van der Waals surface area contributed by atoms with Crippen LogP contribution in [0.3, 0.4) is 0 Å². The maximum atomic E-state index is 5.83. The van der Waals surface area contributed by atoms with Crippen LogP contribution in [-0.2, 0) is 6.61 Å². The highest BCUT2D eigenvalue weighted by atomic mass is 16.5. The summed E-state index contributed by atoms with van der Waals surface area (Å²) in [6, 6.07) is 12.0. The summed E-state index contributed by atoms with van der Waals surface area (Å²) in [6.45, 7) is 2.57. The largest absolute Gasteiger partial charge is 0.497 e. The number of ether oxygens (including phenoxy) is 2. The van der Waals surface area contributed by atoms with E-state index in [0.717, 1.165) is 16.9 Å². The molecule has 4 nitrogen and oxygen atoms in total. The maximum Gasteiger partial charge on any atom is 0.218 e. The molecule has 1 unspecified atom stereocenters. The van der Waals surface area contributed by atoms with Gasteiger partial charge in [-0.1, -0.05) is 18.2 Å². The van der Waals surface area contributed by atoms with E-state index in [1.807, 2.05) is 43.4 Å². The molecule has 0 spiro atoms. The minimum atomic E-state index is 0.203. The fourth-order valence-corrected chi connectivity index (χ4v) is 1.88. The monoisotopic (exact) mass is 272 g/mol. The van der Waals surface area contributed by atoms with Gasteiger partial charge in [0, 0.05) is 17.8 Å². The topological polar surface area (TPSA) is 43.4 Å². The molecule has 0 bridgehead atoms. The van der Waals surface area contributed by atoms with Gasteiger partial charge >= 0.3 is 0 Å². The van der Waals surface area contributed by atoms with Gasteiger partial charge in [0.05, 0.1) is 7.11 Å². The van der Waals surface area contributed by atoms with Gasteiger partial charge in [-0.15, -0.1) is 0 Å². The van der Waals surface area contributed by atoms with Crippen LogP contribution in [0, 0.1) is 0 Å². The number of hydrogen-bond acceptors (Lipinski definition) is 4. The van der Waals surface area contributed by atoms with Gasteiger partial charge < -0.3 is 14.8 Å².